The number of benzene rings is 3. The van der Waals surface area contributed by atoms with Crippen LogP contribution < -0.4 is 20.7 Å². The van der Waals surface area contributed by atoms with E-state index in [0.717, 1.165) is 86.9 Å². The number of para-hydroxylation sites is 1. The Morgan fingerprint density at radius 1 is 0.727 bits per heavy atom. The number of aryl methyl sites for hydroxylation is 4. The van der Waals surface area contributed by atoms with Crippen molar-refractivity contribution in [3.8, 4) is 39.4 Å². The van der Waals surface area contributed by atoms with Crippen LogP contribution in [0.3, 0.4) is 0 Å². The number of piperidine rings is 1. The Hall–Kier alpha value is -8.41. The fourth-order valence-corrected chi connectivity index (χ4v) is 10.0. The smallest absolute Gasteiger partial charge is 0.264 e. The number of nitrogens with zero attached hydrogens (tertiary/aromatic N) is 7. The number of nitrogens with one attached hydrogen (secondary N) is 3. The fraction of sp³-hybridized carbons (Fsp3) is 0.317. The number of pyridine rings is 3. The zero-order chi connectivity index (χ0) is 53.1. The highest BCUT2D eigenvalue weighted by molar-refractivity contribution is 6.25. The summed E-state index contributed by atoms with van der Waals surface area (Å²) >= 11 is 0. The Kier molecular flexibility index (Phi) is 16.6. The molecular formula is C60H62N10O7. The number of carbonyl (C=O) groups is 4. The molecule has 4 amide bonds. The SMILES string of the molecule is CCCOc1ccccc1-c1cnc(-c2cnc(-c3ccc(NCCCn4cc(COCCOCCNc5cccc6c5C(=O)N(C5CCC(=O)NC5=O)C6=O)nn4)nc3)c(C)c2)c(/C=C/c2ccc3c(c2)CCCC3)c1. The van der Waals surface area contributed by atoms with Crippen LogP contribution in [0, 0.1) is 6.92 Å². The van der Waals surface area contributed by atoms with Crippen molar-refractivity contribution in [3.05, 3.63) is 154 Å². The number of hydrogen-bond acceptors (Lipinski definition) is 14. The molecule has 4 aromatic heterocycles. The van der Waals surface area contributed by atoms with Crippen LogP contribution in [0.5, 0.6) is 5.75 Å². The topological polar surface area (TPSA) is 205 Å². The summed E-state index contributed by atoms with van der Waals surface area (Å²) in [7, 11) is 0. The molecule has 10 rings (SSSR count). The van der Waals surface area contributed by atoms with E-state index in [4.69, 9.17) is 29.2 Å². The van der Waals surface area contributed by atoms with Gasteiger partial charge in [-0.25, -0.2) is 4.98 Å². The Balaban J connectivity index is 0.672. The highest BCUT2D eigenvalue weighted by Crippen LogP contribution is 2.36. The van der Waals surface area contributed by atoms with Gasteiger partial charge in [-0.15, -0.1) is 5.10 Å². The van der Waals surface area contributed by atoms with E-state index in [1.807, 2.05) is 55.1 Å². The van der Waals surface area contributed by atoms with E-state index < -0.39 is 29.7 Å². The Bertz CT molecular complexity index is 3320. The third-order valence-corrected chi connectivity index (χ3v) is 13.9. The second-order valence-corrected chi connectivity index (χ2v) is 19.4. The van der Waals surface area contributed by atoms with Crippen LogP contribution >= 0.6 is 0 Å². The van der Waals surface area contributed by atoms with Crippen molar-refractivity contribution in [3.63, 3.8) is 0 Å². The van der Waals surface area contributed by atoms with Crippen molar-refractivity contribution < 1.29 is 33.4 Å². The molecule has 6 heterocycles. The van der Waals surface area contributed by atoms with Crippen LogP contribution in [0.4, 0.5) is 11.5 Å². The molecule has 394 valence electrons. The fourth-order valence-electron chi connectivity index (χ4n) is 10.0. The van der Waals surface area contributed by atoms with Crippen molar-refractivity contribution in [2.45, 2.75) is 84.4 Å². The first-order chi connectivity index (χ1) is 37.7. The summed E-state index contributed by atoms with van der Waals surface area (Å²) < 4.78 is 19.4. The standard InChI is InChI=1S/C60H62N10O7/c1-3-27-77-52-15-7-6-12-48(52)45-33-43(19-17-40-16-18-41-10-4-5-11-42(41)32-40)57(65-35-45)46-31-39(2)56(64-36-46)44-20-22-53(63-34-44)62-24-9-26-69-37-47(67-68-69)38-76-30-29-75-28-25-61-50-14-8-13-49-55(50)60(74)70(59(49)73)51-21-23-54(71)66-58(51)72/h6-8,12-20,22,31-37,51,61H,3-5,9-11,21,23-30,38H2,1-2H3,(H,62,63)(H,66,71,72)/b19-17+. The minimum atomic E-state index is -1.02. The van der Waals surface area contributed by atoms with Crippen molar-refractivity contribution >= 4 is 47.3 Å². The minimum absolute atomic E-state index is 0.0587. The first-order valence-electron chi connectivity index (χ1n) is 26.5. The van der Waals surface area contributed by atoms with Gasteiger partial charge in [0.2, 0.25) is 11.8 Å². The van der Waals surface area contributed by atoms with Crippen LogP contribution in [0.25, 0.3) is 45.8 Å². The quantitative estimate of drug-likeness (QED) is 0.0404. The van der Waals surface area contributed by atoms with E-state index in [1.54, 1.807) is 22.9 Å². The molecule has 17 nitrogen and oxygen atoms in total. The summed E-state index contributed by atoms with van der Waals surface area (Å²) in [6.45, 7) is 7.82. The highest BCUT2D eigenvalue weighted by atomic mass is 16.5. The summed E-state index contributed by atoms with van der Waals surface area (Å²) in [5.41, 5.74) is 13.3. The normalized spacial score (nSPS) is 15.2. The average molecular weight is 1040 g/mol. The van der Waals surface area contributed by atoms with Crippen LogP contribution in [-0.4, -0.2) is 104 Å². The van der Waals surface area contributed by atoms with Crippen LogP contribution in [0.2, 0.25) is 0 Å². The molecular weight excluding hydrogens is 973 g/mol. The second-order valence-electron chi connectivity index (χ2n) is 19.4. The number of amides is 4. The zero-order valence-corrected chi connectivity index (χ0v) is 43.4. The molecule has 1 saturated heterocycles. The van der Waals surface area contributed by atoms with Crippen molar-refractivity contribution in [1.82, 2.24) is 40.2 Å². The molecule has 0 bridgehead atoms. The molecule has 1 atom stereocenters. The molecule has 0 radical (unpaired) electrons. The van der Waals surface area contributed by atoms with E-state index in [9.17, 15) is 19.2 Å². The molecule has 1 unspecified atom stereocenters. The number of imide groups is 2. The van der Waals surface area contributed by atoms with E-state index in [2.05, 4.69) is 88.7 Å². The number of rotatable bonds is 23. The largest absolute Gasteiger partial charge is 0.493 e. The molecule has 2 aliphatic heterocycles. The predicted octanol–water partition coefficient (Wildman–Crippen LogP) is 9.16. The maximum absolute atomic E-state index is 13.3. The molecule has 1 aliphatic carbocycles. The van der Waals surface area contributed by atoms with Gasteiger partial charge >= 0.3 is 0 Å². The Labute approximate surface area is 447 Å². The molecule has 3 aromatic carbocycles. The molecule has 7 aromatic rings. The van der Waals surface area contributed by atoms with Gasteiger partial charge in [0.25, 0.3) is 11.8 Å². The first-order valence-corrected chi connectivity index (χ1v) is 26.5. The van der Waals surface area contributed by atoms with Crippen LogP contribution in [-0.2, 0) is 45.1 Å². The maximum Gasteiger partial charge on any atom is 0.264 e. The average Bonchev–Trinajstić information content (AvgIpc) is 4.15. The molecule has 77 heavy (non-hydrogen) atoms. The van der Waals surface area contributed by atoms with Gasteiger partial charge in [0, 0.05) is 78.2 Å². The van der Waals surface area contributed by atoms with Gasteiger partial charge in [-0.3, -0.25) is 44.0 Å². The van der Waals surface area contributed by atoms with Gasteiger partial charge in [0.1, 0.15) is 23.3 Å². The summed E-state index contributed by atoms with van der Waals surface area (Å²) in [4.78, 5) is 66.2. The molecule has 0 saturated carbocycles. The molecule has 0 spiro atoms. The van der Waals surface area contributed by atoms with Gasteiger partial charge in [0.15, 0.2) is 0 Å². The van der Waals surface area contributed by atoms with E-state index in [0.29, 0.717) is 57.4 Å². The van der Waals surface area contributed by atoms with Crippen molar-refractivity contribution in [2.24, 2.45) is 0 Å². The van der Waals surface area contributed by atoms with Gasteiger partial charge in [-0.05, 0) is 117 Å². The Morgan fingerprint density at radius 2 is 1.55 bits per heavy atom. The number of fused-ring (bicyclic) bond motifs is 2. The van der Waals surface area contributed by atoms with Gasteiger partial charge in [0.05, 0.1) is 61.7 Å². The first kappa shape index (κ1) is 52.0. The third-order valence-electron chi connectivity index (χ3n) is 13.9. The number of carbonyl (C=O) groups excluding carboxylic acids is 4. The lowest BCUT2D eigenvalue weighted by atomic mass is 9.90. The number of aromatic nitrogens is 6. The van der Waals surface area contributed by atoms with Crippen LogP contribution in [0.15, 0.2) is 110 Å². The summed E-state index contributed by atoms with van der Waals surface area (Å²) in [5.74, 6) is -0.566. The number of hydrogen-bond donors (Lipinski definition) is 3. The summed E-state index contributed by atoms with van der Waals surface area (Å²) in [6.07, 6.45) is 18.6. The van der Waals surface area contributed by atoms with Gasteiger partial charge in [-0.2, -0.15) is 0 Å². The molecule has 17 heteroatoms. The van der Waals surface area contributed by atoms with Gasteiger partial charge in [-0.1, -0.05) is 66.8 Å². The molecule has 3 aliphatic rings. The van der Waals surface area contributed by atoms with Crippen molar-refractivity contribution in [2.75, 3.05) is 50.2 Å². The lowest BCUT2D eigenvalue weighted by Gasteiger charge is -2.27. The summed E-state index contributed by atoms with van der Waals surface area (Å²) in [5, 5.41) is 17.3. The predicted molar refractivity (Wildman–Crippen MR) is 294 cm³/mol. The minimum Gasteiger partial charge on any atom is -0.493 e. The number of ether oxygens (including phenoxy) is 3. The highest BCUT2D eigenvalue weighted by Gasteiger charge is 2.45. The Morgan fingerprint density at radius 3 is 2.39 bits per heavy atom. The molecule has 3 N–H and O–H groups in total. The number of anilines is 2. The zero-order valence-electron chi connectivity index (χ0n) is 43.4. The van der Waals surface area contributed by atoms with E-state index in [-0.39, 0.29) is 30.6 Å². The summed E-state index contributed by atoms with van der Waals surface area (Å²) in [6, 6.07) is 27.3. The monoisotopic (exact) mass is 1030 g/mol. The lowest BCUT2D eigenvalue weighted by Crippen LogP contribution is -2.54. The molecule has 1 fully saturated rings. The van der Waals surface area contributed by atoms with Gasteiger partial charge < -0.3 is 24.8 Å². The van der Waals surface area contributed by atoms with Crippen molar-refractivity contribution in [1.29, 1.82) is 0 Å². The maximum atomic E-state index is 13.3. The van der Waals surface area contributed by atoms with Crippen LogP contribution in [0.1, 0.15) is 99.7 Å². The third kappa shape index (κ3) is 12.3. The lowest BCUT2D eigenvalue weighted by molar-refractivity contribution is -0.136. The van der Waals surface area contributed by atoms with E-state index >= 15 is 0 Å². The second kappa shape index (κ2) is 24.5. The van der Waals surface area contributed by atoms with E-state index in [1.165, 1.54) is 29.5 Å².